The van der Waals surface area contributed by atoms with Crippen molar-refractivity contribution in [3.8, 4) is 0 Å². The van der Waals surface area contributed by atoms with Crippen molar-refractivity contribution in [2.45, 2.75) is 4.90 Å². The van der Waals surface area contributed by atoms with Crippen molar-refractivity contribution >= 4 is 68.3 Å². The minimum atomic E-state index is -3.94. The molecule has 0 spiro atoms. The molecule has 1 aliphatic rings. The molecular weight excluding hydrogens is 553 g/mol. The molecule has 2 N–H and O–H groups in total. The Kier molecular flexibility index (Phi) is 6.57. The number of carbonyl (C=O) groups is 3. The number of sulfonamides is 1. The lowest BCUT2D eigenvalue weighted by atomic mass is 10.1. The first-order chi connectivity index (χ1) is 18.1. The minimum Gasteiger partial charge on any atom is -0.322 e. The minimum absolute atomic E-state index is 0.0596. The van der Waals surface area contributed by atoms with E-state index in [4.69, 9.17) is 23.2 Å². The summed E-state index contributed by atoms with van der Waals surface area (Å²) >= 11 is 12.0. The highest BCUT2D eigenvalue weighted by Gasteiger charge is 2.37. The van der Waals surface area contributed by atoms with Gasteiger partial charge in [-0.1, -0.05) is 23.2 Å². The molecule has 5 rings (SSSR count). The van der Waals surface area contributed by atoms with Gasteiger partial charge in [0.05, 0.1) is 31.8 Å². The van der Waals surface area contributed by atoms with Crippen LogP contribution in [0.15, 0.2) is 84.0 Å². The zero-order chi connectivity index (χ0) is 27.0. The summed E-state index contributed by atoms with van der Waals surface area (Å²) in [6.45, 7) is 0. The maximum atomic E-state index is 13.0. The molecule has 0 unspecified atom stereocenters. The zero-order valence-electron chi connectivity index (χ0n) is 19.1. The van der Waals surface area contributed by atoms with Crippen molar-refractivity contribution in [1.82, 2.24) is 9.97 Å². The molecule has 0 saturated heterocycles. The van der Waals surface area contributed by atoms with Crippen molar-refractivity contribution < 1.29 is 22.8 Å². The summed E-state index contributed by atoms with van der Waals surface area (Å²) in [7, 11) is -3.94. The number of halogens is 2. The van der Waals surface area contributed by atoms with Crippen LogP contribution < -0.4 is 14.9 Å². The van der Waals surface area contributed by atoms with Crippen molar-refractivity contribution in [3.63, 3.8) is 0 Å². The first kappa shape index (κ1) is 25.3. The van der Waals surface area contributed by atoms with Crippen LogP contribution in [0.4, 0.5) is 17.3 Å². The lowest BCUT2D eigenvalue weighted by Crippen LogP contribution is -2.29. The predicted molar refractivity (Wildman–Crippen MR) is 141 cm³/mol. The van der Waals surface area contributed by atoms with E-state index in [0.29, 0.717) is 5.69 Å². The maximum absolute atomic E-state index is 13.0. The number of anilines is 3. The van der Waals surface area contributed by atoms with E-state index in [1.165, 1.54) is 73.1 Å². The van der Waals surface area contributed by atoms with Crippen molar-refractivity contribution in [1.29, 1.82) is 0 Å². The molecule has 0 saturated carbocycles. The molecule has 13 heteroatoms. The number of nitrogens with zero attached hydrogens (tertiary/aromatic N) is 3. The number of imide groups is 1. The Hall–Kier alpha value is -4.32. The molecule has 1 aliphatic heterocycles. The third-order valence-electron chi connectivity index (χ3n) is 5.52. The molecule has 1 aromatic heterocycles. The third-order valence-corrected chi connectivity index (χ3v) is 7.61. The summed E-state index contributed by atoms with van der Waals surface area (Å²) < 4.78 is 27.3. The second-order valence-electron chi connectivity index (χ2n) is 7.96. The van der Waals surface area contributed by atoms with Crippen LogP contribution in [0.2, 0.25) is 10.0 Å². The topological polar surface area (TPSA) is 138 Å². The predicted octanol–water partition coefficient (Wildman–Crippen LogP) is 4.64. The fourth-order valence-corrected chi connectivity index (χ4v) is 4.94. The van der Waals surface area contributed by atoms with Crippen LogP contribution in [-0.4, -0.2) is 36.1 Å². The van der Waals surface area contributed by atoms with E-state index in [1.807, 2.05) is 0 Å². The summed E-state index contributed by atoms with van der Waals surface area (Å²) in [5.41, 5.74) is 0.886. The van der Waals surface area contributed by atoms with Crippen molar-refractivity contribution in [2.75, 3.05) is 14.9 Å². The third kappa shape index (κ3) is 4.82. The monoisotopic (exact) mass is 567 g/mol. The molecule has 0 aliphatic carbocycles. The van der Waals surface area contributed by atoms with Gasteiger partial charge in [-0.2, -0.15) is 0 Å². The summed E-state index contributed by atoms with van der Waals surface area (Å²) in [5, 5.41) is 3.10. The molecule has 4 aromatic rings. The molecule has 10 nitrogen and oxygen atoms in total. The molecule has 0 bridgehead atoms. The number of aromatic nitrogens is 2. The van der Waals surface area contributed by atoms with Gasteiger partial charge >= 0.3 is 0 Å². The lowest BCUT2D eigenvalue weighted by molar-refractivity contribution is 0.0925. The quantitative estimate of drug-likeness (QED) is 0.323. The molecule has 3 aromatic carbocycles. The number of amides is 3. The Morgan fingerprint density at radius 1 is 0.816 bits per heavy atom. The number of rotatable bonds is 6. The van der Waals surface area contributed by atoms with Crippen LogP contribution in [0.1, 0.15) is 31.1 Å². The van der Waals surface area contributed by atoms with Crippen molar-refractivity contribution in [3.05, 3.63) is 106 Å². The molecule has 0 fully saturated rings. The lowest BCUT2D eigenvalue weighted by Gasteiger charge is -2.14. The molecule has 3 amide bonds. The SMILES string of the molecule is O=C(Nc1ccc(S(=O)(=O)Nc2ncccn2)cc1)c1ccc2c(c1)C(=O)N(c1ccc(Cl)c(Cl)c1)C2=O. The Morgan fingerprint density at radius 2 is 1.50 bits per heavy atom. The number of nitrogens with one attached hydrogen (secondary N) is 2. The van der Waals surface area contributed by atoms with Gasteiger partial charge in [0.1, 0.15) is 0 Å². The Labute approximate surface area is 226 Å². The van der Waals surface area contributed by atoms with Crippen LogP contribution in [0.5, 0.6) is 0 Å². The van der Waals surface area contributed by atoms with E-state index in [0.717, 1.165) is 4.90 Å². The average molecular weight is 568 g/mol. The van der Waals surface area contributed by atoms with E-state index in [-0.39, 0.29) is 43.3 Å². The summed E-state index contributed by atoms with van der Waals surface area (Å²) in [4.78, 5) is 47.3. The standard InChI is InChI=1S/C25H15Cl2N5O5S/c26-20-9-5-16(13-21(20)27)32-23(34)18-8-2-14(12-19(18)24(32)35)22(33)30-15-3-6-17(7-4-15)38(36,37)31-25-28-10-1-11-29-25/h1-13H,(H,30,33)(H,28,29,31). The molecule has 190 valence electrons. The average Bonchev–Trinajstić information content (AvgIpc) is 3.15. The largest absolute Gasteiger partial charge is 0.322 e. The van der Waals surface area contributed by atoms with Gasteiger partial charge in [-0.25, -0.2) is 28.0 Å². The number of benzene rings is 3. The Balaban J connectivity index is 1.32. The van der Waals surface area contributed by atoms with Gasteiger partial charge in [-0.05, 0) is 66.7 Å². The highest BCUT2D eigenvalue weighted by molar-refractivity contribution is 7.92. The van der Waals surface area contributed by atoms with Gasteiger partial charge in [0.15, 0.2) is 0 Å². The van der Waals surface area contributed by atoms with Gasteiger partial charge in [0.25, 0.3) is 27.7 Å². The summed E-state index contributed by atoms with van der Waals surface area (Å²) in [6.07, 6.45) is 2.80. The Morgan fingerprint density at radius 3 is 2.18 bits per heavy atom. The first-order valence-electron chi connectivity index (χ1n) is 10.8. The van der Waals surface area contributed by atoms with Gasteiger partial charge < -0.3 is 5.32 Å². The number of hydrogen-bond acceptors (Lipinski definition) is 7. The van der Waals surface area contributed by atoms with E-state index >= 15 is 0 Å². The molecule has 38 heavy (non-hydrogen) atoms. The van der Waals surface area contributed by atoms with Crippen molar-refractivity contribution in [2.24, 2.45) is 0 Å². The van der Waals surface area contributed by atoms with Crippen LogP contribution in [0.3, 0.4) is 0 Å². The highest BCUT2D eigenvalue weighted by atomic mass is 35.5. The van der Waals surface area contributed by atoms with Gasteiger partial charge in [-0.3, -0.25) is 14.4 Å². The van der Waals surface area contributed by atoms with Crippen LogP contribution in [0, 0.1) is 0 Å². The van der Waals surface area contributed by atoms with Gasteiger partial charge in [0, 0.05) is 23.6 Å². The smallest absolute Gasteiger partial charge is 0.266 e. The molecule has 0 radical (unpaired) electrons. The number of hydrogen-bond donors (Lipinski definition) is 2. The fraction of sp³-hybridized carbons (Fsp3) is 0. The first-order valence-corrected chi connectivity index (χ1v) is 13.1. The zero-order valence-corrected chi connectivity index (χ0v) is 21.4. The van der Waals surface area contributed by atoms with Gasteiger partial charge in [0.2, 0.25) is 5.95 Å². The van der Waals surface area contributed by atoms with Gasteiger partial charge in [-0.15, -0.1) is 0 Å². The molecule has 2 heterocycles. The number of fused-ring (bicyclic) bond motifs is 1. The normalized spacial score (nSPS) is 12.8. The molecular formula is C25H15Cl2N5O5S. The van der Waals surface area contributed by atoms with E-state index in [9.17, 15) is 22.8 Å². The number of carbonyl (C=O) groups excluding carboxylic acids is 3. The maximum Gasteiger partial charge on any atom is 0.266 e. The van der Waals surface area contributed by atoms with E-state index in [2.05, 4.69) is 20.0 Å². The fourth-order valence-electron chi connectivity index (χ4n) is 3.69. The van der Waals surface area contributed by atoms with E-state index in [1.54, 1.807) is 6.07 Å². The van der Waals surface area contributed by atoms with E-state index < -0.39 is 27.7 Å². The second-order valence-corrected chi connectivity index (χ2v) is 10.5. The summed E-state index contributed by atoms with van der Waals surface area (Å²) in [6, 6.07) is 15.5. The second kappa shape index (κ2) is 9.86. The molecule has 0 atom stereocenters. The highest BCUT2D eigenvalue weighted by Crippen LogP contribution is 2.33. The summed E-state index contributed by atoms with van der Waals surface area (Å²) in [5.74, 6) is -1.80. The van der Waals surface area contributed by atoms with Crippen LogP contribution in [-0.2, 0) is 10.0 Å². The van der Waals surface area contributed by atoms with Crippen LogP contribution >= 0.6 is 23.2 Å². The van der Waals surface area contributed by atoms with Crippen LogP contribution in [0.25, 0.3) is 0 Å². The Bertz CT molecular complexity index is 1710.